The molecule has 0 unspecified atom stereocenters. The number of anilines is 1. The van der Waals surface area contributed by atoms with Crippen molar-refractivity contribution >= 4 is 28.9 Å². The Morgan fingerprint density at radius 1 is 1.53 bits per heavy atom. The maximum Gasteiger partial charge on any atom is 0.180 e. The van der Waals surface area contributed by atoms with Crippen LogP contribution < -0.4 is 5.73 Å². The topological polar surface area (TPSA) is 42.2 Å². The molecule has 0 aliphatic heterocycles. The Labute approximate surface area is 102 Å². The molecule has 0 bridgehead atoms. The van der Waals surface area contributed by atoms with E-state index in [9.17, 15) is 0 Å². The Balaban J connectivity index is 0.00000196. The molecule has 0 aliphatic carbocycles. The van der Waals surface area contributed by atoms with E-state index in [1.165, 1.54) is 4.88 Å². The Kier molecular flexibility index (Phi) is 5.56. The van der Waals surface area contributed by atoms with Gasteiger partial charge in [-0.05, 0) is 27.3 Å². The Bertz CT molecular complexity index is 299. The molecule has 1 aromatic heterocycles. The maximum atomic E-state index is 5.58. The number of rotatable bonds is 4. The van der Waals surface area contributed by atoms with Gasteiger partial charge in [-0.2, -0.15) is 0 Å². The van der Waals surface area contributed by atoms with Gasteiger partial charge in [0.05, 0.1) is 0 Å². The summed E-state index contributed by atoms with van der Waals surface area (Å²) in [5.74, 6) is 0. The monoisotopic (exact) mass is 249 g/mol. The van der Waals surface area contributed by atoms with Crippen molar-refractivity contribution < 1.29 is 0 Å². The van der Waals surface area contributed by atoms with Crippen LogP contribution in [0.4, 0.5) is 5.13 Å². The van der Waals surface area contributed by atoms with E-state index in [0.717, 1.165) is 13.0 Å². The fourth-order valence-electron chi connectivity index (χ4n) is 1.11. The maximum absolute atomic E-state index is 5.58. The number of nitrogens with two attached hydrogens (primary N) is 1. The molecule has 1 heterocycles. The Hall–Kier alpha value is -0.320. The van der Waals surface area contributed by atoms with Gasteiger partial charge in [-0.3, -0.25) is 4.90 Å². The average Bonchev–Trinajstić information content (AvgIpc) is 2.51. The van der Waals surface area contributed by atoms with Crippen LogP contribution in [0.3, 0.4) is 0 Å². The summed E-state index contributed by atoms with van der Waals surface area (Å²) in [6, 6.07) is 0. The third-order valence-corrected chi connectivity index (χ3v) is 3.67. The first kappa shape index (κ1) is 14.7. The van der Waals surface area contributed by atoms with Crippen LogP contribution in [-0.2, 0) is 6.54 Å². The average molecular weight is 250 g/mol. The van der Waals surface area contributed by atoms with E-state index in [1.54, 1.807) is 11.3 Å². The highest BCUT2D eigenvalue weighted by Gasteiger charge is 2.21. The number of halogens is 1. The molecule has 3 nitrogen and oxygen atoms in total. The van der Waals surface area contributed by atoms with E-state index in [0.29, 0.717) is 5.13 Å². The molecular formula is C10H20ClN3S. The minimum absolute atomic E-state index is 0. The zero-order chi connectivity index (χ0) is 10.8. The van der Waals surface area contributed by atoms with E-state index in [4.69, 9.17) is 5.73 Å². The lowest BCUT2D eigenvalue weighted by molar-refractivity contribution is 0.144. The SMILES string of the molecule is CCC(C)(C)N(C)Cc1cnc(N)s1.Cl. The molecule has 0 amide bonds. The second kappa shape index (κ2) is 5.68. The van der Waals surface area contributed by atoms with Crippen LogP contribution in [0, 0.1) is 0 Å². The Morgan fingerprint density at radius 2 is 2.13 bits per heavy atom. The van der Waals surface area contributed by atoms with Gasteiger partial charge in [-0.1, -0.05) is 6.92 Å². The highest BCUT2D eigenvalue weighted by atomic mass is 35.5. The second-order valence-corrected chi connectivity index (χ2v) is 5.33. The van der Waals surface area contributed by atoms with Crippen molar-refractivity contribution in [1.29, 1.82) is 0 Å². The number of nitrogens with zero attached hydrogens (tertiary/aromatic N) is 2. The number of hydrogen-bond donors (Lipinski definition) is 1. The van der Waals surface area contributed by atoms with Gasteiger partial charge in [0, 0.05) is 23.2 Å². The van der Waals surface area contributed by atoms with E-state index >= 15 is 0 Å². The summed E-state index contributed by atoms with van der Waals surface area (Å²) < 4.78 is 0. The lowest BCUT2D eigenvalue weighted by atomic mass is 10.0. The van der Waals surface area contributed by atoms with Gasteiger partial charge in [-0.15, -0.1) is 23.7 Å². The fraction of sp³-hybridized carbons (Fsp3) is 0.700. The highest BCUT2D eigenvalue weighted by molar-refractivity contribution is 7.15. The lowest BCUT2D eigenvalue weighted by Crippen LogP contribution is -2.39. The van der Waals surface area contributed by atoms with Gasteiger partial charge in [0.25, 0.3) is 0 Å². The molecule has 0 aliphatic rings. The van der Waals surface area contributed by atoms with Crippen LogP contribution in [0.2, 0.25) is 0 Å². The summed E-state index contributed by atoms with van der Waals surface area (Å²) in [4.78, 5) is 7.61. The first-order valence-electron chi connectivity index (χ1n) is 4.87. The van der Waals surface area contributed by atoms with Crippen molar-refractivity contribution in [3.8, 4) is 0 Å². The first-order chi connectivity index (χ1) is 6.45. The predicted molar refractivity (Wildman–Crippen MR) is 69.6 cm³/mol. The molecule has 0 atom stereocenters. The highest BCUT2D eigenvalue weighted by Crippen LogP contribution is 2.22. The van der Waals surface area contributed by atoms with E-state index in [2.05, 4.69) is 37.7 Å². The van der Waals surface area contributed by atoms with Crippen molar-refractivity contribution in [3.05, 3.63) is 11.1 Å². The normalized spacial score (nSPS) is 11.5. The quantitative estimate of drug-likeness (QED) is 0.892. The molecule has 1 aromatic rings. The zero-order valence-corrected chi connectivity index (χ0v) is 11.4. The van der Waals surface area contributed by atoms with E-state index in [1.807, 2.05) is 6.20 Å². The molecule has 1 rings (SSSR count). The van der Waals surface area contributed by atoms with Gasteiger partial charge in [0.1, 0.15) is 0 Å². The van der Waals surface area contributed by atoms with Gasteiger partial charge in [-0.25, -0.2) is 4.98 Å². The summed E-state index contributed by atoms with van der Waals surface area (Å²) in [7, 11) is 2.14. The van der Waals surface area contributed by atoms with Gasteiger partial charge in [0.2, 0.25) is 0 Å². The molecule has 88 valence electrons. The zero-order valence-electron chi connectivity index (χ0n) is 9.78. The molecular weight excluding hydrogens is 230 g/mol. The van der Waals surface area contributed by atoms with Gasteiger partial charge in [0.15, 0.2) is 5.13 Å². The molecule has 0 fully saturated rings. The summed E-state index contributed by atoms with van der Waals surface area (Å²) >= 11 is 1.57. The smallest absolute Gasteiger partial charge is 0.180 e. The van der Waals surface area contributed by atoms with Crippen LogP contribution in [0.25, 0.3) is 0 Å². The molecule has 0 spiro atoms. The predicted octanol–water partition coefficient (Wildman–Crippen LogP) is 2.77. The number of nitrogen functional groups attached to an aromatic ring is 1. The summed E-state index contributed by atoms with van der Waals surface area (Å²) in [6.07, 6.45) is 3.00. The molecule has 2 N–H and O–H groups in total. The summed E-state index contributed by atoms with van der Waals surface area (Å²) in [5.41, 5.74) is 5.82. The van der Waals surface area contributed by atoms with Gasteiger partial charge < -0.3 is 5.73 Å². The van der Waals surface area contributed by atoms with Crippen LogP contribution in [0.5, 0.6) is 0 Å². The van der Waals surface area contributed by atoms with Crippen molar-refractivity contribution in [1.82, 2.24) is 9.88 Å². The van der Waals surface area contributed by atoms with E-state index in [-0.39, 0.29) is 17.9 Å². The largest absolute Gasteiger partial charge is 0.375 e. The van der Waals surface area contributed by atoms with Crippen molar-refractivity contribution in [3.63, 3.8) is 0 Å². The number of aromatic nitrogens is 1. The van der Waals surface area contributed by atoms with Crippen LogP contribution >= 0.6 is 23.7 Å². The standard InChI is InChI=1S/C10H19N3S.ClH/c1-5-10(2,3)13(4)7-8-6-12-9(11)14-8;/h6H,5,7H2,1-4H3,(H2,11,12);1H. The van der Waals surface area contributed by atoms with Crippen molar-refractivity contribution in [2.24, 2.45) is 0 Å². The van der Waals surface area contributed by atoms with Crippen LogP contribution in [0.1, 0.15) is 32.1 Å². The molecule has 0 radical (unpaired) electrons. The Morgan fingerprint density at radius 3 is 2.53 bits per heavy atom. The minimum Gasteiger partial charge on any atom is -0.375 e. The molecule has 0 saturated heterocycles. The molecule has 0 aromatic carbocycles. The first-order valence-corrected chi connectivity index (χ1v) is 5.69. The lowest BCUT2D eigenvalue weighted by Gasteiger charge is -2.34. The molecule has 5 heteroatoms. The fourth-order valence-corrected chi connectivity index (χ4v) is 1.85. The summed E-state index contributed by atoms with van der Waals surface area (Å²) in [6.45, 7) is 7.63. The van der Waals surface area contributed by atoms with Crippen LogP contribution in [-0.4, -0.2) is 22.5 Å². The number of thiazole rings is 1. The molecule has 0 saturated carbocycles. The second-order valence-electron chi connectivity index (χ2n) is 4.19. The van der Waals surface area contributed by atoms with Crippen molar-refractivity contribution in [2.45, 2.75) is 39.3 Å². The van der Waals surface area contributed by atoms with E-state index < -0.39 is 0 Å². The van der Waals surface area contributed by atoms with Gasteiger partial charge >= 0.3 is 0 Å². The third-order valence-electron chi connectivity index (χ3n) is 2.86. The van der Waals surface area contributed by atoms with Crippen molar-refractivity contribution in [2.75, 3.05) is 12.8 Å². The van der Waals surface area contributed by atoms with Crippen LogP contribution in [0.15, 0.2) is 6.20 Å². The summed E-state index contributed by atoms with van der Waals surface area (Å²) in [5, 5.41) is 0.655. The third kappa shape index (κ3) is 3.97. The molecule has 15 heavy (non-hydrogen) atoms. The number of hydrogen-bond acceptors (Lipinski definition) is 4. The minimum atomic E-state index is 0.